The number of hydrogen-bond acceptors (Lipinski definition) is 7. The molecule has 1 aromatic heterocycles. The molecule has 0 atom stereocenters. The second-order valence-corrected chi connectivity index (χ2v) is 18.1. The summed E-state index contributed by atoms with van der Waals surface area (Å²) >= 11 is 0. The molecule has 10 aromatic carbocycles. The van der Waals surface area contributed by atoms with Gasteiger partial charge in [0, 0.05) is 50.3 Å². The summed E-state index contributed by atoms with van der Waals surface area (Å²) in [7, 11) is 0. The van der Waals surface area contributed by atoms with Crippen LogP contribution in [-0.4, -0.2) is 30.1 Å². The molecule has 1 aliphatic carbocycles. The van der Waals surface area contributed by atoms with Crippen LogP contribution in [0.3, 0.4) is 0 Å². The molecular weight excluding hydrogens is 879 g/mol. The molecule has 12 rings (SSSR count). The van der Waals surface area contributed by atoms with Gasteiger partial charge in [0.25, 0.3) is 0 Å². The van der Waals surface area contributed by atoms with Crippen LogP contribution >= 0.6 is 0 Å². The third-order valence-electron chi connectivity index (χ3n) is 14.0. The van der Waals surface area contributed by atoms with E-state index < -0.39 is 28.7 Å². The molecule has 0 amide bonds. The fourth-order valence-corrected chi connectivity index (χ4v) is 10.8. The molecule has 0 radical (unpaired) electrons. The van der Waals surface area contributed by atoms with Crippen LogP contribution in [0.2, 0.25) is 0 Å². The smallest absolute Gasteiger partial charge is 0.208 e. The molecule has 0 fully saturated rings. The van der Waals surface area contributed by atoms with Gasteiger partial charge < -0.3 is 39.9 Å². The number of aromatic hydroxyl groups is 5. The number of hydrogen-bond donors (Lipinski definition) is 5. The summed E-state index contributed by atoms with van der Waals surface area (Å²) in [6.45, 7) is 4.15. The average molecular weight is 926 g/mol. The van der Waals surface area contributed by atoms with E-state index in [1.807, 2.05) is 54.6 Å². The second-order valence-electron chi connectivity index (χ2n) is 18.1. The van der Waals surface area contributed by atoms with Crippen molar-refractivity contribution in [2.24, 2.45) is 0 Å². The van der Waals surface area contributed by atoms with E-state index in [1.165, 1.54) is 22.3 Å². The molecular formula is C63H47N3O5. The first-order chi connectivity index (χ1) is 34.7. The maximum absolute atomic E-state index is 11.6. The number of aromatic nitrogens is 1. The number of phenols is 5. The number of anilines is 6. The summed E-state index contributed by atoms with van der Waals surface area (Å²) in [5.41, 5.74) is 17.3. The normalized spacial score (nSPS) is 11.7. The van der Waals surface area contributed by atoms with E-state index in [0.29, 0.717) is 11.0 Å². The number of phenolic OH excluding ortho intramolecular Hbond substituents is 5. The molecule has 11 aromatic rings. The summed E-state index contributed by atoms with van der Waals surface area (Å²) in [5, 5.41) is 57.4. The average Bonchev–Trinajstić information content (AvgIpc) is 3.95. The van der Waals surface area contributed by atoms with E-state index >= 15 is 0 Å². The summed E-state index contributed by atoms with van der Waals surface area (Å²) in [5.74, 6) is -4.49. The van der Waals surface area contributed by atoms with Crippen molar-refractivity contribution in [1.29, 1.82) is 0 Å². The van der Waals surface area contributed by atoms with Gasteiger partial charge in [0.15, 0.2) is 11.5 Å². The van der Waals surface area contributed by atoms with Crippen molar-refractivity contribution in [2.45, 2.75) is 20.3 Å². The summed E-state index contributed by atoms with van der Waals surface area (Å²) in [6.07, 6.45) is 0.844. The zero-order chi connectivity index (χ0) is 48.5. The lowest BCUT2D eigenvalue weighted by atomic mass is 9.88. The minimum absolute atomic E-state index is 0.271. The van der Waals surface area contributed by atoms with Crippen LogP contribution in [0.5, 0.6) is 28.7 Å². The Kier molecular flexibility index (Phi) is 10.3. The molecule has 0 spiro atoms. The first kappa shape index (κ1) is 42.9. The van der Waals surface area contributed by atoms with Crippen molar-refractivity contribution < 1.29 is 25.5 Å². The fraction of sp³-hybridized carbons (Fsp3) is 0.0476. The Labute approximate surface area is 410 Å². The molecule has 0 bridgehead atoms. The van der Waals surface area contributed by atoms with E-state index in [9.17, 15) is 25.5 Å². The van der Waals surface area contributed by atoms with Crippen molar-refractivity contribution in [3.63, 3.8) is 0 Å². The highest BCUT2D eigenvalue weighted by Crippen LogP contribution is 2.56. The van der Waals surface area contributed by atoms with Gasteiger partial charge in [-0.15, -0.1) is 0 Å². The van der Waals surface area contributed by atoms with Crippen LogP contribution in [0.4, 0.5) is 34.1 Å². The number of aryl methyl sites for hydroxylation is 1. The summed E-state index contributed by atoms with van der Waals surface area (Å²) in [6, 6.07) is 71.3. The number of rotatable bonds is 9. The van der Waals surface area contributed by atoms with Crippen LogP contribution in [-0.2, 0) is 6.42 Å². The van der Waals surface area contributed by atoms with Gasteiger partial charge in [-0.25, -0.2) is 0 Å². The summed E-state index contributed by atoms with van der Waals surface area (Å²) in [4.78, 5) is 4.66. The number of benzene rings is 10. The molecule has 344 valence electrons. The minimum atomic E-state index is -1.02. The quantitative estimate of drug-likeness (QED) is 0.0724. The molecule has 0 saturated carbocycles. The first-order valence-electron chi connectivity index (χ1n) is 23.6. The van der Waals surface area contributed by atoms with Gasteiger partial charge in [-0.2, -0.15) is 0 Å². The molecule has 0 saturated heterocycles. The Hall–Kier alpha value is -9.40. The van der Waals surface area contributed by atoms with Crippen molar-refractivity contribution >= 4 is 55.9 Å². The standard InChI is InChI=1S/C63H47N3O5/c1-38-19-12-14-28-48(38)55-39(2)51(37-52-50-30-16-17-31-53(50)66(57(52)55)58-59(67)61(69)63(71)62(70)60(58)68)42-34-46(64(43-22-6-3-7-23-43)44-24-8-4-9-25-44)36-47(35-42)65(45-26-10-5-11-27-45)54-32-18-21-41-33-40-20-13-15-29-49(40)56(41)54/h3-32,34-37,67-71H,33H2,1-2H3. The van der Waals surface area contributed by atoms with E-state index in [0.717, 1.165) is 84.7 Å². The Bertz CT molecular complexity index is 3820. The van der Waals surface area contributed by atoms with Gasteiger partial charge >= 0.3 is 0 Å². The highest BCUT2D eigenvalue weighted by molar-refractivity contribution is 6.17. The second kappa shape index (κ2) is 17.0. The van der Waals surface area contributed by atoms with Crippen molar-refractivity contribution in [3.05, 3.63) is 229 Å². The van der Waals surface area contributed by atoms with Gasteiger partial charge in [0.1, 0.15) is 5.69 Å². The third-order valence-corrected chi connectivity index (χ3v) is 14.0. The zero-order valence-electron chi connectivity index (χ0n) is 38.9. The summed E-state index contributed by atoms with van der Waals surface area (Å²) < 4.78 is 1.67. The number of para-hydroxylation sites is 4. The molecule has 5 N–H and O–H groups in total. The van der Waals surface area contributed by atoms with Crippen molar-refractivity contribution in [3.8, 4) is 67.8 Å². The predicted octanol–water partition coefficient (Wildman–Crippen LogP) is 15.8. The predicted molar refractivity (Wildman–Crippen MR) is 287 cm³/mol. The van der Waals surface area contributed by atoms with Crippen molar-refractivity contribution in [1.82, 2.24) is 4.57 Å². The van der Waals surface area contributed by atoms with Crippen LogP contribution in [0.25, 0.3) is 60.9 Å². The Balaban J connectivity index is 1.22. The maximum Gasteiger partial charge on any atom is 0.208 e. The molecule has 0 unspecified atom stereocenters. The number of nitrogens with zero attached hydrogens (tertiary/aromatic N) is 3. The molecule has 1 heterocycles. The number of fused-ring (bicyclic) bond motifs is 6. The lowest BCUT2D eigenvalue weighted by Crippen LogP contribution is -2.14. The Morgan fingerprint density at radius 2 is 0.915 bits per heavy atom. The van der Waals surface area contributed by atoms with Gasteiger partial charge in [-0.1, -0.05) is 133 Å². The Morgan fingerprint density at radius 3 is 1.56 bits per heavy atom. The largest absolute Gasteiger partial charge is 0.503 e. The molecule has 0 aliphatic heterocycles. The lowest BCUT2D eigenvalue weighted by Gasteiger charge is -2.31. The first-order valence-corrected chi connectivity index (χ1v) is 23.6. The van der Waals surface area contributed by atoms with Gasteiger partial charge in [-0.3, -0.25) is 0 Å². The van der Waals surface area contributed by atoms with E-state index in [4.69, 9.17) is 0 Å². The van der Waals surface area contributed by atoms with Crippen molar-refractivity contribution in [2.75, 3.05) is 9.80 Å². The Morgan fingerprint density at radius 1 is 0.394 bits per heavy atom. The van der Waals surface area contributed by atoms with Gasteiger partial charge in [-0.05, 0) is 138 Å². The fourth-order valence-electron chi connectivity index (χ4n) is 10.8. The van der Waals surface area contributed by atoms with Gasteiger partial charge in [0.2, 0.25) is 17.2 Å². The molecule has 1 aliphatic rings. The highest BCUT2D eigenvalue weighted by Gasteiger charge is 2.31. The van der Waals surface area contributed by atoms with Crippen LogP contribution in [0.15, 0.2) is 206 Å². The third kappa shape index (κ3) is 6.91. The highest BCUT2D eigenvalue weighted by atomic mass is 16.4. The van der Waals surface area contributed by atoms with E-state index in [2.05, 4.69) is 175 Å². The van der Waals surface area contributed by atoms with E-state index in [1.54, 1.807) is 4.57 Å². The topological polar surface area (TPSA) is 113 Å². The van der Waals surface area contributed by atoms with Crippen LogP contribution < -0.4 is 9.80 Å². The van der Waals surface area contributed by atoms with E-state index in [-0.39, 0.29) is 5.69 Å². The molecule has 8 heteroatoms. The molecule has 71 heavy (non-hydrogen) atoms. The zero-order valence-corrected chi connectivity index (χ0v) is 38.9. The van der Waals surface area contributed by atoms with Crippen LogP contribution in [0.1, 0.15) is 22.3 Å². The van der Waals surface area contributed by atoms with Gasteiger partial charge in [0.05, 0.1) is 16.7 Å². The maximum atomic E-state index is 11.6. The SMILES string of the molecule is Cc1ccccc1-c1c(C)c(-c2cc(N(c3ccccc3)c3ccccc3)cc(N(c3ccccc3)c3cccc4c3-c3ccccc3C4)c2)cc2c3ccccc3n(-c3c(O)c(O)c(O)c(O)c3O)c12. The monoisotopic (exact) mass is 925 g/mol. The minimum Gasteiger partial charge on any atom is -0.503 e. The van der Waals surface area contributed by atoms with Crippen LogP contribution in [0, 0.1) is 13.8 Å². The molecule has 8 nitrogen and oxygen atoms in total. The lowest BCUT2D eigenvalue weighted by molar-refractivity contribution is 0.327.